The van der Waals surface area contributed by atoms with Crippen molar-refractivity contribution in [1.82, 2.24) is 4.90 Å². The lowest BCUT2D eigenvalue weighted by molar-refractivity contribution is 0.0708. The number of anilines is 1. The SMILES string of the molecule is CCN(C(=O)c1ccc(N)cc1Cl)C1CCS(=O)(=O)C1.Cl. The van der Waals surface area contributed by atoms with Crippen molar-refractivity contribution in [3.8, 4) is 0 Å². The van der Waals surface area contributed by atoms with E-state index in [0.717, 1.165) is 0 Å². The van der Waals surface area contributed by atoms with E-state index in [4.69, 9.17) is 17.3 Å². The van der Waals surface area contributed by atoms with E-state index in [9.17, 15) is 13.2 Å². The largest absolute Gasteiger partial charge is 0.399 e. The number of rotatable bonds is 3. The van der Waals surface area contributed by atoms with Gasteiger partial charge in [0, 0.05) is 18.3 Å². The second-order valence-corrected chi connectivity index (χ2v) is 7.52. The van der Waals surface area contributed by atoms with Gasteiger partial charge in [-0.05, 0) is 31.5 Å². The summed E-state index contributed by atoms with van der Waals surface area (Å²) in [5.74, 6) is -0.0876. The summed E-state index contributed by atoms with van der Waals surface area (Å²) >= 11 is 6.04. The minimum Gasteiger partial charge on any atom is -0.399 e. The van der Waals surface area contributed by atoms with Crippen molar-refractivity contribution < 1.29 is 13.2 Å². The number of hydrogen-bond acceptors (Lipinski definition) is 4. The van der Waals surface area contributed by atoms with Gasteiger partial charge in [-0.1, -0.05) is 11.6 Å². The van der Waals surface area contributed by atoms with Crippen LogP contribution in [0.3, 0.4) is 0 Å². The van der Waals surface area contributed by atoms with Crippen molar-refractivity contribution in [2.75, 3.05) is 23.8 Å². The van der Waals surface area contributed by atoms with Crippen LogP contribution in [0.5, 0.6) is 0 Å². The Morgan fingerprint density at radius 1 is 1.48 bits per heavy atom. The van der Waals surface area contributed by atoms with Crippen LogP contribution >= 0.6 is 24.0 Å². The zero-order valence-electron chi connectivity index (χ0n) is 11.6. The van der Waals surface area contributed by atoms with Crippen molar-refractivity contribution in [2.24, 2.45) is 0 Å². The molecule has 0 aromatic heterocycles. The van der Waals surface area contributed by atoms with Crippen LogP contribution in [0.15, 0.2) is 18.2 Å². The molecule has 21 heavy (non-hydrogen) atoms. The summed E-state index contributed by atoms with van der Waals surface area (Å²) in [5, 5.41) is 0.286. The van der Waals surface area contributed by atoms with E-state index in [1.807, 2.05) is 6.92 Å². The van der Waals surface area contributed by atoms with E-state index >= 15 is 0 Å². The molecule has 1 aliphatic rings. The average molecular weight is 353 g/mol. The molecule has 1 fully saturated rings. The van der Waals surface area contributed by atoms with Gasteiger partial charge in [0.05, 0.1) is 22.1 Å². The van der Waals surface area contributed by atoms with Crippen LogP contribution in [-0.4, -0.2) is 43.3 Å². The highest BCUT2D eigenvalue weighted by Gasteiger charge is 2.34. The first-order valence-electron chi connectivity index (χ1n) is 6.40. The number of nitrogens with zero attached hydrogens (tertiary/aromatic N) is 1. The maximum Gasteiger partial charge on any atom is 0.255 e. The molecule has 1 aliphatic heterocycles. The monoisotopic (exact) mass is 352 g/mol. The number of amides is 1. The zero-order valence-corrected chi connectivity index (χ0v) is 14.0. The quantitative estimate of drug-likeness (QED) is 0.843. The fourth-order valence-corrected chi connectivity index (χ4v) is 4.45. The molecule has 5 nitrogen and oxygen atoms in total. The highest BCUT2D eigenvalue weighted by Crippen LogP contribution is 2.24. The van der Waals surface area contributed by atoms with Crippen molar-refractivity contribution in [2.45, 2.75) is 19.4 Å². The molecule has 0 bridgehead atoms. The summed E-state index contributed by atoms with van der Waals surface area (Å²) in [7, 11) is -3.03. The van der Waals surface area contributed by atoms with Crippen molar-refractivity contribution >= 4 is 45.4 Å². The molecule has 0 saturated carbocycles. The highest BCUT2D eigenvalue weighted by molar-refractivity contribution is 7.91. The van der Waals surface area contributed by atoms with Crippen LogP contribution in [-0.2, 0) is 9.84 Å². The first-order valence-corrected chi connectivity index (χ1v) is 8.60. The molecule has 2 rings (SSSR count). The summed E-state index contributed by atoms with van der Waals surface area (Å²) in [4.78, 5) is 14.1. The first kappa shape index (κ1) is 18.1. The zero-order chi connectivity index (χ0) is 14.9. The van der Waals surface area contributed by atoms with E-state index in [1.54, 1.807) is 17.0 Å². The molecule has 0 spiro atoms. The van der Waals surface area contributed by atoms with Crippen molar-refractivity contribution in [3.63, 3.8) is 0 Å². The van der Waals surface area contributed by atoms with Gasteiger partial charge in [0.2, 0.25) is 0 Å². The van der Waals surface area contributed by atoms with Crippen LogP contribution in [0.25, 0.3) is 0 Å². The Morgan fingerprint density at radius 3 is 2.62 bits per heavy atom. The summed E-state index contributed by atoms with van der Waals surface area (Å²) < 4.78 is 23.1. The van der Waals surface area contributed by atoms with Gasteiger partial charge in [-0.2, -0.15) is 0 Å². The van der Waals surface area contributed by atoms with Crippen LogP contribution in [0.4, 0.5) is 5.69 Å². The van der Waals surface area contributed by atoms with E-state index < -0.39 is 9.84 Å². The second kappa shape index (κ2) is 6.85. The molecule has 1 aromatic rings. The third kappa shape index (κ3) is 4.02. The Balaban J connectivity index is 0.00000220. The molecule has 0 radical (unpaired) electrons. The Hall–Kier alpha value is -0.980. The molecule has 1 unspecified atom stereocenters. The molecular formula is C13H18Cl2N2O3S. The minimum absolute atomic E-state index is 0. The van der Waals surface area contributed by atoms with Crippen LogP contribution in [0.1, 0.15) is 23.7 Å². The Morgan fingerprint density at radius 2 is 2.14 bits per heavy atom. The standard InChI is InChI=1S/C13H17ClN2O3S.ClH/c1-2-16(10-5-6-20(18,19)8-10)13(17)11-4-3-9(15)7-12(11)14;/h3-4,7,10H,2,5-6,8,15H2,1H3;1H. The molecular weight excluding hydrogens is 335 g/mol. The molecule has 0 aliphatic carbocycles. The van der Waals surface area contributed by atoms with Gasteiger partial charge in [0.1, 0.15) is 0 Å². The predicted molar refractivity (Wildman–Crippen MR) is 86.9 cm³/mol. The van der Waals surface area contributed by atoms with Gasteiger partial charge in [-0.25, -0.2) is 8.42 Å². The topological polar surface area (TPSA) is 80.5 Å². The van der Waals surface area contributed by atoms with Gasteiger partial charge < -0.3 is 10.6 Å². The summed E-state index contributed by atoms with van der Waals surface area (Å²) in [5.41, 5.74) is 6.44. The second-order valence-electron chi connectivity index (χ2n) is 4.89. The van der Waals surface area contributed by atoms with Crippen LogP contribution < -0.4 is 5.73 Å². The third-order valence-corrected chi connectivity index (χ3v) is 5.54. The van der Waals surface area contributed by atoms with E-state index in [-0.39, 0.29) is 40.9 Å². The smallest absolute Gasteiger partial charge is 0.255 e. The number of halogens is 2. The van der Waals surface area contributed by atoms with Gasteiger partial charge in [0.15, 0.2) is 9.84 Å². The number of carbonyl (C=O) groups excluding carboxylic acids is 1. The van der Waals surface area contributed by atoms with E-state index in [1.165, 1.54) is 6.07 Å². The highest BCUT2D eigenvalue weighted by atomic mass is 35.5. The first-order chi connectivity index (χ1) is 9.34. The van der Waals surface area contributed by atoms with Crippen molar-refractivity contribution in [3.05, 3.63) is 28.8 Å². The van der Waals surface area contributed by atoms with E-state index in [0.29, 0.717) is 24.2 Å². The van der Waals surface area contributed by atoms with Gasteiger partial charge in [-0.15, -0.1) is 12.4 Å². The number of hydrogen-bond donors (Lipinski definition) is 1. The molecule has 1 atom stereocenters. The maximum atomic E-state index is 12.5. The molecule has 1 heterocycles. The van der Waals surface area contributed by atoms with Gasteiger partial charge in [0.25, 0.3) is 5.91 Å². The molecule has 2 N–H and O–H groups in total. The molecule has 1 amide bonds. The lowest BCUT2D eigenvalue weighted by atomic mass is 10.1. The number of sulfone groups is 1. The van der Waals surface area contributed by atoms with Gasteiger partial charge >= 0.3 is 0 Å². The number of benzene rings is 1. The lowest BCUT2D eigenvalue weighted by Gasteiger charge is -2.27. The lowest BCUT2D eigenvalue weighted by Crippen LogP contribution is -2.41. The van der Waals surface area contributed by atoms with Crippen molar-refractivity contribution in [1.29, 1.82) is 0 Å². The Bertz CT molecular complexity index is 634. The normalized spacial score (nSPS) is 19.8. The summed E-state index contributed by atoms with van der Waals surface area (Å²) in [6.45, 7) is 2.27. The van der Waals surface area contributed by atoms with Crippen LogP contribution in [0, 0.1) is 0 Å². The molecule has 118 valence electrons. The number of nitrogens with two attached hydrogens (primary N) is 1. The average Bonchev–Trinajstić information content (AvgIpc) is 2.70. The maximum absolute atomic E-state index is 12.5. The third-order valence-electron chi connectivity index (χ3n) is 3.47. The number of carbonyl (C=O) groups is 1. The minimum atomic E-state index is -3.03. The Labute approximate surface area is 135 Å². The van der Waals surface area contributed by atoms with Gasteiger partial charge in [-0.3, -0.25) is 4.79 Å². The fraction of sp³-hybridized carbons (Fsp3) is 0.462. The predicted octanol–water partition coefficient (Wildman–Crippen LogP) is 1.99. The Kier molecular flexibility index (Phi) is 5.90. The molecule has 1 saturated heterocycles. The summed E-state index contributed by atoms with van der Waals surface area (Å²) in [6.07, 6.45) is 0.481. The molecule has 8 heteroatoms. The summed E-state index contributed by atoms with van der Waals surface area (Å²) in [6, 6.07) is 4.43. The van der Waals surface area contributed by atoms with E-state index in [2.05, 4.69) is 0 Å². The van der Waals surface area contributed by atoms with Crippen LogP contribution in [0.2, 0.25) is 5.02 Å². The molecule has 1 aromatic carbocycles. The fourth-order valence-electron chi connectivity index (χ4n) is 2.45. The number of nitrogen functional groups attached to an aromatic ring is 1.